The van der Waals surface area contributed by atoms with Crippen LogP contribution in [0, 0.1) is 11.8 Å². The molecule has 2 atom stereocenters. The predicted octanol–water partition coefficient (Wildman–Crippen LogP) is 0.312. The van der Waals surface area contributed by atoms with Gasteiger partial charge in [-0.3, -0.25) is 0 Å². The molecule has 2 unspecified atom stereocenters. The Kier molecular flexibility index (Phi) is 1.15. The third-order valence-corrected chi connectivity index (χ3v) is 4.15. The minimum atomic E-state index is -0.300. The van der Waals surface area contributed by atoms with Crippen LogP contribution in [0.15, 0.2) is 0 Å². The molecule has 4 rings (SSSR count). The second kappa shape index (κ2) is 1.88. The summed E-state index contributed by atoms with van der Waals surface area (Å²) in [5, 5.41) is 10.2. The van der Waals surface area contributed by atoms with Crippen molar-refractivity contribution in [3.8, 4) is 0 Å². The molecule has 0 amide bonds. The van der Waals surface area contributed by atoms with Crippen LogP contribution in [0.4, 0.5) is 0 Å². The first kappa shape index (κ1) is 7.34. The van der Waals surface area contributed by atoms with Crippen molar-refractivity contribution in [3.05, 3.63) is 0 Å². The van der Waals surface area contributed by atoms with E-state index in [0.29, 0.717) is 0 Å². The van der Waals surface area contributed by atoms with E-state index in [9.17, 15) is 5.11 Å². The number of rotatable bonds is 0. The van der Waals surface area contributed by atoms with E-state index in [1.54, 1.807) is 0 Å². The number of aliphatic hydroxyl groups is 1. The lowest BCUT2D eigenvalue weighted by Gasteiger charge is -2.56. The zero-order valence-corrected chi connectivity index (χ0v) is 7.55. The van der Waals surface area contributed by atoms with Crippen LogP contribution in [0.25, 0.3) is 0 Å². The molecule has 4 fully saturated rings. The Labute approximate surface area is 73.1 Å². The van der Waals surface area contributed by atoms with E-state index in [-0.39, 0.29) is 11.1 Å². The smallest absolute Gasteiger partial charge is 0.0979 e. The van der Waals surface area contributed by atoms with Gasteiger partial charge >= 0.3 is 0 Å². The Morgan fingerprint density at radius 1 is 1.08 bits per heavy atom. The maximum absolute atomic E-state index is 10.2. The highest BCUT2D eigenvalue weighted by Gasteiger charge is 2.57. The first-order valence-electron chi connectivity index (χ1n) is 5.15. The summed E-state index contributed by atoms with van der Waals surface area (Å²) in [7, 11) is 0. The molecule has 4 bridgehead atoms. The van der Waals surface area contributed by atoms with Crippen molar-refractivity contribution in [2.45, 2.75) is 49.7 Å². The summed E-state index contributed by atoms with van der Waals surface area (Å²) in [6.07, 6.45) is 7.06. The van der Waals surface area contributed by atoms with Gasteiger partial charge in [-0.2, -0.15) is 0 Å². The lowest BCUT2D eigenvalue weighted by atomic mass is 9.51. The summed E-state index contributed by atoms with van der Waals surface area (Å²) in [4.78, 5) is 0. The maximum Gasteiger partial charge on any atom is 0.0979 e. The van der Waals surface area contributed by atoms with E-state index >= 15 is 0 Å². The standard InChI is InChI=1S/C10H17NO/c11-9-2-7-1-8(3-9)5-10(12,4-7)6-9/h7-8,12H,1-6,11H2/p+1. The lowest BCUT2D eigenvalue weighted by Crippen LogP contribution is -2.80. The second-order valence-electron chi connectivity index (χ2n) is 5.69. The Balaban J connectivity index is 1.98. The van der Waals surface area contributed by atoms with Gasteiger partial charge in [0, 0.05) is 19.3 Å². The first-order valence-corrected chi connectivity index (χ1v) is 5.15. The predicted molar refractivity (Wildman–Crippen MR) is 45.3 cm³/mol. The Hall–Kier alpha value is -0.0800. The van der Waals surface area contributed by atoms with Crippen LogP contribution in [0.1, 0.15) is 38.5 Å². The highest BCUT2D eigenvalue weighted by Crippen LogP contribution is 2.55. The highest BCUT2D eigenvalue weighted by molar-refractivity contribution is 5.08. The van der Waals surface area contributed by atoms with Crippen molar-refractivity contribution >= 4 is 0 Å². The van der Waals surface area contributed by atoms with Gasteiger partial charge < -0.3 is 10.8 Å². The molecule has 0 radical (unpaired) electrons. The summed E-state index contributed by atoms with van der Waals surface area (Å²) in [5.41, 5.74) is 4.28. The van der Waals surface area contributed by atoms with E-state index < -0.39 is 0 Å². The Bertz CT molecular complexity index is 192. The van der Waals surface area contributed by atoms with Gasteiger partial charge in [-0.15, -0.1) is 0 Å². The molecule has 68 valence electrons. The average molecular weight is 168 g/mol. The quantitative estimate of drug-likeness (QED) is 0.537. The van der Waals surface area contributed by atoms with Gasteiger partial charge in [0.1, 0.15) is 0 Å². The van der Waals surface area contributed by atoms with E-state index in [0.717, 1.165) is 31.1 Å². The molecular weight excluding hydrogens is 150 g/mol. The second-order valence-corrected chi connectivity index (χ2v) is 5.69. The number of quaternary nitrogens is 1. The molecule has 0 aromatic rings. The van der Waals surface area contributed by atoms with Gasteiger partial charge in [-0.05, 0) is 31.1 Å². The van der Waals surface area contributed by atoms with Crippen LogP contribution < -0.4 is 5.73 Å². The fourth-order valence-electron chi connectivity index (χ4n) is 4.40. The largest absolute Gasteiger partial charge is 0.390 e. The van der Waals surface area contributed by atoms with Crippen LogP contribution in [-0.4, -0.2) is 16.2 Å². The van der Waals surface area contributed by atoms with Crippen molar-refractivity contribution in [3.63, 3.8) is 0 Å². The zero-order chi connectivity index (χ0) is 8.40. The average Bonchev–Trinajstić information content (AvgIpc) is 1.75. The fourth-order valence-corrected chi connectivity index (χ4v) is 4.40. The minimum absolute atomic E-state index is 0.263. The first-order chi connectivity index (χ1) is 5.57. The molecule has 0 aromatic heterocycles. The molecule has 2 nitrogen and oxygen atoms in total. The van der Waals surface area contributed by atoms with Crippen LogP contribution in [0.2, 0.25) is 0 Å². The number of hydrogen-bond donors (Lipinski definition) is 2. The van der Waals surface area contributed by atoms with Crippen LogP contribution >= 0.6 is 0 Å². The molecule has 2 heteroatoms. The molecule has 12 heavy (non-hydrogen) atoms. The van der Waals surface area contributed by atoms with Crippen molar-refractivity contribution < 1.29 is 10.8 Å². The van der Waals surface area contributed by atoms with Gasteiger partial charge in [0.2, 0.25) is 0 Å². The molecule has 0 aromatic carbocycles. The van der Waals surface area contributed by atoms with E-state index in [1.807, 2.05) is 0 Å². The molecule has 0 spiro atoms. The van der Waals surface area contributed by atoms with E-state index in [1.165, 1.54) is 19.3 Å². The summed E-state index contributed by atoms with van der Waals surface area (Å²) in [6.45, 7) is 0. The molecule has 4 aliphatic carbocycles. The van der Waals surface area contributed by atoms with Crippen LogP contribution in [0.3, 0.4) is 0 Å². The monoisotopic (exact) mass is 168 g/mol. The van der Waals surface area contributed by atoms with Gasteiger partial charge in [0.25, 0.3) is 0 Å². The molecule has 0 saturated heterocycles. The molecular formula is C10H18NO+. The molecule has 0 aliphatic heterocycles. The highest BCUT2D eigenvalue weighted by atomic mass is 16.3. The van der Waals surface area contributed by atoms with Crippen molar-refractivity contribution in [2.24, 2.45) is 11.8 Å². The van der Waals surface area contributed by atoms with Crippen molar-refractivity contribution in [1.82, 2.24) is 0 Å². The van der Waals surface area contributed by atoms with E-state index in [4.69, 9.17) is 0 Å². The summed E-state index contributed by atoms with van der Waals surface area (Å²) >= 11 is 0. The van der Waals surface area contributed by atoms with Gasteiger partial charge in [-0.1, -0.05) is 0 Å². The molecule has 0 heterocycles. The maximum atomic E-state index is 10.2. The van der Waals surface area contributed by atoms with Crippen LogP contribution in [0.5, 0.6) is 0 Å². The molecule has 4 aliphatic rings. The minimum Gasteiger partial charge on any atom is -0.390 e. The Morgan fingerprint density at radius 3 is 2.08 bits per heavy atom. The molecule has 4 saturated carbocycles. The number of hydrogen-bond acceptors (Lipinski definition) is 1. The topological polar surface area (TPSA) is 47.9 Å². The SMILES string of the molecule is [NH3+]C12CC3CC(C1)CC(O)(C3)C2. The van der Waals surface area contributed by atoms with Crippen molar-refractivity contribution in [1.29, 1.82) is 0 Å². The Morgan fingerprint density at radius 2 is 1.67 bits per heavy atom. The summed E-state index contributed by atoms with van der Waals surface area (Å²) in [6, 6.07) is 0. The van der Waals surface area contributed by atoms with Gasteiger partial charge in [0.05, 0.1) is 11.1 Å². The summed E-state index contributed by atoms with van der Waals surface area (Å²) < 4.78 is 0. The van der Waals surface area contributed by atoms with Gasteiger partial charge in [-0.25, -0.2) is 0 Å². The third kappa shape index (κ3) is 0.882. The van der Waals surface area contributed by atoms with Gasteiger partial charge in [0.15, 0.2) is 0 Å². The normalized spacial score (nSPS) is 62.5. The summed E-state index contributed by atoms with van der Waals surface area (Å²) in [5.74, 6) is 1.60. The third-order valence-electron chi connectivity index (χ3n) is 4.15. The van der Waals surface area contributed by atoms with Crippen molar-refractivity contribution in [2.75, 3.05) is 0 Å². The zero-order valence-electron chi connectivity index (χ0n) is 7.55. The molecule has 4 N–H and O–H groups in total. The fraction of sp³-hybridized carbons (Fsp3) is 1.00. The van der Waals surface area contributed by atoms with E-state index in [2.05, 4.69) is 5.73 Å². The van der Waals surface area contributed by atoms with Crippen LogP contribution in [-0.2, 0) is 0 Å². The lowest BCUT2D eigenvalue weighted by molar-refractivity contribution is -0.511.